The summed E-state index contributed by atoms with van der Waals surface area (Å²) < 4.78 is 11.3. The lowest BCUT2D eigenvalue weighted by Gasteiger charge is -2.42. The monoisotopic (exact) mass is 1380 g/mol. The Bertz CT molecular complexity index is 2760. The van der Waals surface area contributed by atoms with Gasteiger partial charge in [0.25, 0.3) is 0 Å². The zero-order chi connectivity index (χ0) is 76.2. The highest BCUT2D eigenvalue weighted by Gasteiger charge is 2.47. The van der Waals surface area contributed by atoms with Crippen molar-refractivity contribution in [2.75, 3.05) is 62.5 Å². The molecule has 8 amide bonds. The summed E-state index contributed by atoms with van der Waals surface area (Å²) in [6.45, 7) is 34.6. The normalized spacial score (nSPS) is 15.9. The summed E-state index contributed by atoms with van der Waals surface area (Å²) in [5.74, 6) is -12.5. The summed E-state index contributed by atoms with van der Waals surface area (Å²) in [7, 11) is 10.3. The third-order valence-electron chi connectivity index (χ3n) is 18.9. The van der Waals surface area contributed by atoms with Crippen LogP contribution in [-0.2, 0) is 71.8 Å². The largest absolute Gasteiger partial charge is 0.462 e. The number of likely N-dealkylation sites (N-methyl/N-ethyl adjacent to an activating group) is 7. The number of Topliss-reactive ketones (excluding diaryl/α,β-unsaturated/α-hetero) is 3. The Morgan fingerprint density at radius 1 is 0.490 bits per heavy atom. The molecule has 0 radical (unpaired) electrons. The standard InChI is InChI=1S/C74H127N9O15/c1-28-31-32-50(16)66(98-54(20)85)65(67(89)76-56(30-3)74(96)97-36-35-77(21)53(19)84)83(27)73(95)63(47(12)13)81(25)72(94)59(39-45(8)9)80(24)71(93)58(38-44(6)7)79(23)69(91)52(18)41-60(86)51(17)40-61(87)57(37-43(4)5)78(22)70(92)55(46(10)11)42-62(88)64(49(15)33-34-75)82(26)68(90)48(14)29-2/h28,31,43-52,55-59,63-66H,29-30,32-33,35-42H2,1-27H3,(H,76,89)/b31-28+/t48-,49+,50+,51+,52-,55-,56-,57-,58-,59-,63-,64-,65-,66+/m0/s1. The zero-order valence-electron chi connectivity index (χ0n) is 64.8. The lowest BCUT2D eigenvalue weighted by molar-refractivity contribution is -0.164. The van der Waals surface area contributed by atoms with E-state index in [1.165, 1.54) is 78.5 Å². The molecule has 0 fully saturated rings. The van der Waals surface area contributed by atoms with Crippen LogP contribution in [0.2, 0.25) is 0 Å². The number of carbonyl (C=O) groups is 13. The lowest BCUT2D eigenvalue weighted by atomic mass is 9.83. The zero-order valence-corrected chi connectivity index (χ0v) is 64.8. The molecule has 0 aromatic heterocycles. The predicted molar refractivity (Wildman–Crippen MR) is 378 cm³/mol. The number of hydrogen-bond donors (Lipinski definition) is 1. The first-order valence-corrected chi connectivity index (χ1v) is 35.4. The van der Waals surface area contributed by atoms with Crippen molar-refractivity contribution in [2.24, 2.45) is 65.1 Å². The Morgan fingerprint density at radius 2 is 0.949 bits per heavy atom. The fraction of sp³-hybridized carbons (Fsp3) is 0.784. The molecule has 98 heavy (non-hydrogen) atoms. The molecule has 0 spiro atoms. The fourth-order valence-corrected chi connectivity index (χ4v) is 12.4. The average molecular weight is 1380 g/mol. The van der Waals surface area contributed by atoms with E-state index in [0.717, 1.165) is 4.90 Å². The van der Waals surface area contributed by atoms with Gasteiger partial charge in [0.15, 0.2) is 11.6 Å². The van der Waals surface area contributed by atoms with E-state index < -0.39 is 137 Å². The van der Waals surface area contributed by atoms with Crippen LogP contribution in [-0.4, -0.2) is 222 Å². The minimum Gasteiger partial charge on any atom is -0.462 e. The van der Waals surface area contributed by atoms with Gasteiger partial charge >= 0.3 is 11.9 Å². The van der Waals surface area contributed by atoms with Crippen molar-refractivity contribution in [3.63, 3.8) is 0 Å². The van der Waals surface area contributed by atoms with Crippen molar-refractivity contribution in [1.29, 1.82) is 5.26 Å². The maximum atomic E-state index is 15.3. The highest BCUT2D eigenvalue weighted by molar-refractivity contribution is 5.99. The number of esters is 2. The van der Waals surface area contributed by atoms with Gasteiger partial charge in [-0.2, -0.15) is 5.26 Å². The van der Waals surface area contributed by atoms with Crippen molar-refractivity contribution in [1.82, 2.24) is 39.6 Å². The summed E-state index contributed by atoms with van der Waals surface area (Å²) in [5.41, 5.74) is 0. The first-order chi connectivity index (χ1) is 45.3. The molecule has 558 valence electrons. The molecule has 1 N–H and O–H groups in total. The smallest absolute Gasteiger partial charge is 0.328 e. The van der Waals surface area contributed by atoms with E-state index in [1.54, 1.807) is 82.5 Å². The molecule has 0 bridgehead atoms. The predicted octanol–water partition coefficient (Wildman–Crippen LogP) is 8.21. The second-order valence-electron chi connectivity index (χ2n) is 29.5. The van der Waals surface area contributed by atoms with E-state index in [-0.39, 0.29) is 117 Å². The second-order valence-corrected chi connectivity index (χ2v) is 29.5. The molecule has 0 aliphatic heterocycles. The number of nitrogens with one attached hydrogen (secondary N) is 1. The number of amides is 8. The highest BCUT2D eigenvalue weighted by Crippen LogP contribution is 2.30. The van der Waals surface area contributed by atoms with Gasteiger partial charge in [-0.15, -0.1) is 0 Å². The van der Waals surface area contributed by atoms with Gasteiger partial charge in [0.05, 0.1) is 24.7 Å². The van der Waals surface area contributed by atoms with Crippen molar-refractivity contribution in [2.45, 2.75) is 251 Å². The van der Waals surface area contributed by atoms with E-state index in [1.807, 2.05) is 68.4 Å². The molecular formula is C74H127N9O15. The molecule has 0 aromatic carbocycles. The summed E-state index contributed by atoms with van der Waals surface area (Å²) >= 11 is 0. The van der Waals surface area contributed by atoms with Crippen LogP contribution >= 0.6 is 0 Å². The Morgan fingerprint density at radius 3 is 1.40 bits per heavy atom. The number of allylic oxidation sites excluding steroid dienone is 2. The van der Waals surface area contributed by atoms with Gasteiger partial charge in [0.2, 0.25) is 47.3 Å². The highest BCUT2D eigenvalue weighted by atomic mass is 16.5. The molecule has 24 nitrogen and oxygen atoms in total. The molecule has 0 saturated heterocycles. The number of ketones is 3. The summed E-state index contributed by atoms with van der Waals surface area (Å²) in [5, 5.41) is 12.3. The fourth-order valence-electron chi connectivity index (χ4n) is 12.4. The van der Waals surface area contributed by atoms with Crippen LogP contribution in [0, 0.1) is 76.4 Å². The number of nitriles is 1. The second kappa shape index (κ2) is 43.5. The topological polar surface area (TPSA) is 299 Å². The molecular weight excluding hydrogens is 1250 g/mol. The number of rotatable bonds is 44. The quantitative estimate of drug-likeness (QED) is 0.0444. The van der Waals surface area contributed by atoms with Crippen LogP contribution in [0.5, 0.6) is 0 Å². The Hall–Kier alpha value is -7.06. The van der Waals surface area contributed by atoms with Crippen LogP contribution in [0.1, 0.15) is 203 Å². The Balaban J connectivity index is 7.19. The van der Waals surface area contributed by atoms with E-state index in [4.69, 9.17) is 9.47 Å². The molecule has 24 heteroatoms. The van der Waals surface area contributed by atoms with Gasteiger partial charge in [0.1, 0.15) is 48.7 Å². The summed E-state index contributed by atoms with van der Waals surface area (Å²) in [6.07, 6.45) is 3.04. The number of ether oxygens (including phenoxy) is 2. The molecule has 0 rings (SSSR count). The number of nitrogens with zero attached hydrogens (tertiary/aromatic N) is 8. The molecule has 0 aromatic rings. The van der Waals surface area contributed by atoms with Crippen LogP contribution in [0.4, 0.5) is 0 Å². The van der Waals surface area contributed by atoms with Gasteiger partial charge in [0, 0.05) is 113 Å². The maximum absolute atomic E-state index is 15.3. The first kappa shape index (κ1) is 90.9. The van der Waals surface area contributed by atoms with Gasteiger partial charge in [-0.3, -0.25) is 57.5 Å². The minimum absolute atomic E-state index is 0.0100. The van der Waals surface area contributed by atoms with Gasteiger partial charge in [-0.05, 0) is 86.9 Å². The maximum Gasteiger partial charge on any atom is 0.328 e. The third-order valence-corrected chi connectivity index (χ3v) is 18.9. The summed E-state index contributed by atoms with van der Waals surface area (Å²) in [4.78, 5) is 193. The van der Waals surface area contributed by atoms with Gasteiger partial charge < -0.3 is 49.1 Å². The van der Waals surface area contributed by atoms with Crippen LogP contribution in [0.15, 0.2) is 12.2 Å². The van der Waals surface area contributed by atoms with E-state index in [9.17, 15) is 53.2 Å². The van der Waals surface area contributed by atoms with Gasteiger partial charge in [-0.25, -0.2) is 4.79 Å². The van der Waals surface area contributed by atoms with E-state index in [2.05, 4.69) is 11.4 Å². The van der Waals surface area contributed by atoms with Crippen molar-refractivity contribution in [3.8, 4) is 6.07 Å². The van der Waals surface area contributed by atoms with E-state index in [0.29, 0.717) is 12.8 Å². The van der Waals surface area contributed by atoms with E-state index >= 15 is 14.4 Å². The molecule has 0 aliphatic carbocycles. The lowest BCUT2D eigenvalue weighted by Crippen LogP contribution is -2.63. The summed E-state index contributed by atoms with van der Waals surface area (Å²) in [6, 6.07) is -6.19. The number of hydrogen-bond acceptors (Lipinski definition) is 16. The van der Waals surface area contributed by atoms with Crippen LogP contribution in [0.25, 0.3) is 0 Å². The van der Waals surface area contributed by atoms with Crippen LogP contribution in [0.3, 0.4) is 0 Å². The van der Waals surface area contributed by atoms with Crippen molar-refractivity contribution >= 4 is 76.5 Å². The molecule has 14 atom stereocenters. The molecule has 0 unspecified atom stereocenters. The number of carbonyl (C=O) groups excluding carboxylic acids is 13. The van der Waals surface area contributed by atoms with Gasteiger partial charge in [-0.1, -0.05) is 130 Å². The third kappa shape index (κ3) is 27.6. The average Bonchev–Trinajstić information content (AvgIpc) is 0.800. The van der Waals surface area contributed by atoms with Crippen molar-refractivity contribution < 1.29 is 71.8 Å². The first-order valence-electron chi connectivity index (χ1n) is 35.4. The SMILES string of the molecule is C/C=C/C[C@@H](C)[C@@H](OC(C)=O)[C@@H](C(=O)N[C@@H](CC)C(=O)OCCN(C)C(C)=O)N(C)C(=O)[C@H](C(C)C)N(C)C(=O)[C@H](CC(C)C)N(C)C(=O)[C@H](CC(C)C)N(C)C(=O)[C@@H](C)CC(=O)[C@H](C)CC(=O)[C@H](CC(C)C)N(C)C(=O)[C@@H](CC(=O)[C@H]([C@H](C)CC#N)N(C)C(=O)[C@@H](C)CC)C(C)C. The van der Waals surface area contributed by atoms with Crippen molar-refractivity contribution in [3.05, 3.63) is 12.2 Å². The Labute approximate surface area is 587 Å². The Kier molecular flexibility index (Phi) is 40.3. The molecule has 0 saturated carbocycles. The molecule has 0 heterocycles. The van der Waals surface area contributed by atoms with Crippen LogP contribution < -0.4 is 5.32 Å². The minimum atomic E-state index is -1.56. The molecule has 0 aliphatic rings.